The van der Waals surface area contributed by atoms with Crippen molar-refractivity contribution in [3.63, 3.8) is 0 Å². The molecule has 0 aliphatic carbocycles. The quantitative estimate of drug-likeness (QED) is 0.642. The number of amides is 2. The van der Waals surface area contributed by atoms with Gasteiger partial charge >= 0.3 is 0 Å². The normalized spacial score (nSPS) is 21.1. The number of likely N-dealkylation sites (N-methyl/N-ethyl adjacent to an activating group) is 1. The second-order valence-corrected chi connectivity index (χ2v) is 5.66. The van der Waals surface area contributed by atoms with E-state index in [4.69, 9.17) is 17.0 Å². The van der Waals surface area contributed by atoms with Crippen LogP contribution in [0, 0.1) is 11.3 Å². The SMILES string of the molecule is CNC(=O)C1CC(CC(=N)c2cccc(Cl)c2)CN1C=O. The summed E-state index contributed by atoms with van der Waals surface area (Å²) in [4.78, 5) is 24.3. The van der Waals surface area contributed by atoms with E-state index in [-0.39, 0.29) is 11.8 Å². The number of carbonyl (C=O) groups is 2. The Bertz CT molecular complexity index is 562. The monoisotopic (exact) mass is 307 g/mol. The van der Waals surface area contributed by atoms with Crippen molar-refractivity contribution in [1.29, 1.82) is 5.41 Å². The number of likely N-dealkylation sites (tertiary alicyclic amines) is 1. The molecule has 1 aromatic rings. The number of nitrogens with one attached hydrogen (secondary N) is 2. The van der Waals surface area contributed by atoms with Gasteiger partial charge in [0.25, 0.3) is 0 Å². The summed E-state index contributed by atoms with van der Waals surface area (Å²) in [5.41, 5.74) is 1.26. The topological polar surface area (TPSA) is 73.3 Å². The van der Waals surface area contributed by atoms with Gasteiger partial charge in [-0.2, -0.15) is 0 Å². The van der Waals surface area contributed by atoms with Crippen molar-refractivity contribution in [3.8, 4) is 0 Å². The zero-order valence-corrected chi connectivity index (χ0v) is 12.6. The van der Waals surface area contributed by atoms with Crippen LogP contribution in [0.2, 0.25) is 5.02 Å². The van der Waals surface area contributed by atoms with Crippen molar-refractivity contribution in [2.24, 2.45) is 5.92 Å². The molecular formula is C15H18ClN3O2. The number of carbonyl (C=O) groups excluding carboxylic acids is 2. The maximum absolute atomic E-state index is 11.7. The van der Waals surface area contributed by atoms with Gasteiger partial charge < -0.3 is 15.6 Å². The lowest BCUT2D eigenvalue weighted by atomic mass is 9.95. The van der Waals surface area contributed by atoms with Gasteiger partial charge in [-0.05, 0) is 36.5 Å². The maximum Gasteiger partial charge on any atom is 0.242 e. The van der Waals surface area contributed by atoms with Crippen LogP contribution in [0.5, 0.6) is 0 Å². The molecular weight excluding hydrogens is 290 g/mol. The molecule has 5 nitrogen and oxygen atoms in total. The lowest BCUT2D eigenvalue weighted by Crippen LogP contribution is -2.41. The van der Waals surface area contributed by atoms with Gasteiger partial charge in [0, 0.05) is 24.3 Å². The first-order valence-corrected chi connectivity index (χ1v) is 7.19. The second-order valence-electron chi connectivity index (χ2n) is 5.23. The maximum atomic E-state index is 11.7. The number of hydrogen-bond acceptors (Lipinski definition) is 3. The molecule has 2 N–H and O–H groups in total. The van der Waals surface area contributed by atoms with E-state index < -0.39 is 6.04 Å². The second kappa shape index (κ2) is 6.72. The van der Waals surface area contributed by atoms with E-state index in [0.717, 1.165) is 5.56 Å². The third-order valence-electron chi connectivity index (χ3n) is 3.78. The largest absolute Gasteiger partial charge is 0.357 e. The van der Waals surface area contributed by atoms with Gasteiger partial charge in [0.15, 0.2) is 0 Å². The van der Waals surface area contributed by atoms with E-state index in [0.29, 0.717) is 36.5 Å². The number of benzene rings is 1. The molecule has 21 heavy (non-hydrogen) atoms. The first-order valence-electron chi connectivity index (χ1n) is 6.81. The summed E-state index contributed by atoms with van der Waals surface area (Å²) in [5, 5.41) is 11.3. The molecule has 0 radical (unpaired) electrons. The molecule has 1 aromatic carbocycles. The molecule has 1 heterocycles. The summed E-state index contributed by atoms with van der Waals surface area (Å²) < 4.78 is 0. The zero-order valence-electron chi connectivity index (χ0n) is 11.8. The first-order chi connectivity index (χ1) is 10.0. The molecule has 112 valence electrons. The Morgan fingerprint density at radius 3 is 2.95 bits per heavy atom. The van der Waals surface area contributed by atoms with Crippen LogP contribution >= 0.6 is 11.6 Å². The van der Waals surface area contributed by atoms with Gasteiger partial charge in [-0.3, -0.25) is 9.59 Å². The van der Waals surface area contributed by atoms with Crippen molar-refractivity contribution in [2.75, 3.05) is 13.6 Å². The van der Waals surface area contributed by atoms with E-state index in [1.807, 2.05) is 12.1 Å². The van der Waals surface area contributed by atoms with E-state index in [1.54, 1.807) is 19.2 Å². The molecule has 0 saturated carbocycles. The highest BCUT2D eigenvalue weighted by Crippen LogP contribution is 2.26. The Kier molecular flexibility index (Phi) is 4.96. The Hall–Kier alpha value is -1.88. The van der Waals surface area contributed by atoms with Gasteiger partial charge in [-0.1, -0.05) is 23.7 Å². The van der Waals surface area contributed by atoms with Crippen LogP contribution < -0.4 is 5.32 Å². The minimum atomic E-state index is -0.426. The minimum absolute atomic E-state index is 0.115. The standard InChI is InChI=1S/C15H18ClN3O2/c1-18-15(21)14-6-10(8-19(14)9-20)5-13(17)11-3-2-4-12(16)7-11/h2-4,7,9-10,14,17H,5-6,8H2,1H3,(H,18,21). The summed E-state index contributed by atoms with van der Waals surface area (Å²) >= 11 is 5.93. The molecule has 2 unspecified atom stereocenters. The lowest BCUT2D eigenvalue weighted by molar-refractivity contribution is -0.130. The van der Waals surface area contributed by atoms with Crippen molar-refractivity contribution in [3.05, 3.63) is 34.9 Å². The number of halogens is 1. The van der Waals surface area contributed by atoms with E-state index >= 15 is 0 Å². The third kappa shape index (κ3) is 3.61. The van der Waals surface area contributed by atoms with Gasteiger partial charge in [-0.25, -0.2) is 0 Å². The molecule has 1 aliphatic rings. The highest BCUT2D eigenvalue weighted by atomic mass is 35.5. The molecule has 0 bridgehead atoms. The molecule has 6 heteroatoms. The molecule has 1 saturated heterocycles. The summed E-state index contributed by atoms with van der Waals surface area (Å²) in [6, 6.07) is 6.75. The Balaban J connectivity index is 2.02. The molecule has 2 atom stereocenters. The van der Waals surface area contributed by atoms with Crippen molar-refractivity contribution >= 4 is 29.6 Å². The van der Waals surface area contributed by atoms with Crippen LogP contribution in [-0.2, 0) is 9.59 Å². The fraction of sp³-hybridized carbons (Fsp3) is 0.400. The molecule has 1 aliphatic heterocycles. The summed E-state index contributed by atoms with van der Waals surface area (Å²) in [5.74, 6) is -0.0390. The average Bonchev–Trinajstić information content (AvgIpc) is 2.89. The highest BCUT2D eigenvalue weighted by Gasteiger charge is 2.35. The zero-order chi connectivity index (χ0) is 15.4. The van der Waals surface area contributed by atoms with Crippen molar-refractivity contribution in [1.82, 2.24) is 10.2 Å². The summed E-state index contributed by atoms with van der Waals surface area (Å²) in [7, 11) is 1.56. The average molecular weight is 308 g/mol. The minimum Gasteiger partial charge on any atom is -0.357 e. The van der Waals surface area contributed by atoms with E-state index in [1.165, 1.54) is 4.90 Å². The van der Waals surface area contributed by atoms with Gasteiger partial charge in [0.1, 0.15) is 6.04 Å². The predicted octanol–water partition coefficient (Wildman–Crippen LogP) is 1.69. The van der Waals surface area contributed by atoms with Crippen molar-refractivity contribution in [2.45, 2.75) is 18.9 Å². The van der Waals surface area contributed by atoms with Crippen LogP contribution in [0.3, 0.4) is 0 Å². The summed E-state index contributed by atoms with van der Waals surface area (Å²) in [6.45, 7) is 0.504. The van der Waals surface area contributed by atoms with Crippen LogP contribution in [0.4, 0.5) is 0 Å². The Labute approximate surface area is 128 Å². The molecule has 0 aromatic heterocycles. The number of hydrogen-bond donors (Lipinski definition) is 2. The van der Waals surface area contributed by atoms with Crippen molar-refractivity contribution < 1.29 is 9.59 Å². The highest BCUT2D eigenvalue weighted by molar-refractivity contribution is 6.31. The van der Waals surface area contributed by atoms with Gasteiger partial charge in [0.05, 0.1) is 0 Å². The van der Waals surface area contributed by atoms with Crippen LogP contribution in [-0.4, -0.2) is 42.6 Å². The summed E-state index contributed by atoms with van der Waals surface area (Å²) in [6.07, 6.45) is 1.82. The van der Waals surface area contributed by atoms with E-state index in [9.17, 15) is 9.59 Å². The fourth-order valence-electron chi connectivity index (χ4n) is 2.72. The Morgan fingerprint density at radius 1 is 1.57 bits per heavy atom. The molecule has 2 amide bonds. The smallest absolute Gasteiger partial charge is 0.242 e. The fourth-order valence-corrected chi connectivity index (χ4v) is 2.91. The molecule has 1 fully saturated rings. The molecule has 2 rings (SSSR count). The van der Waals surface area contributed by atoms with Gasteiger partial charge in [-0.15, -0.1) is 0 Å². The van der Waals surface area contributed by atoms with Crippen LogP contribution in [0.1, 0.15) is 18.4 Å². The van der Waals surface area contributed by atoms with E-state index in [2.05, 4.69) is 5.32 Å². The number of nitrogens with zero attached hydrogens (tertiary/aromatic N) is 1. The van der Waals surface area contributed by atoms with Crippen LogP contribution in [0.15, 0.2) is 24.3 Å². The first kappa shape index (κ1) is 15.5. The lowest BCUT2D eigenvalue weighted by Gasteiger charge is -2.17. The third-order valence-corrected chi connectivity index (χ3v) is 4.01. The van der Waals surface area contributed by atoms with Gasteiger partial charge in [0.2, 0.25) is 12.3 Å². The van der Waals surface area contributed by atoms with Crippen LogP contribution in [0.25, 0.3) is 0 Å². The number of rotatable bonds is 5. The predicted molar refractivity (Wildman–Crippen MR) is 81.6 cm³/mol. The molecule has 0 spiro atoms. The Morgan fingerprint density at radius 2 is 2.33 bits per heavy atom.